The minimum Gasteiger partial charge on any atom is -0.489 e. The van der Waals surface area contributed by atoms with Crippen LogP contribution in [0.25, 0.3) is 0 Å². The molecule has 2 aromatic rings. The fourth-order valence-corrected chi connectivity index (χ4v) is 3.39. The number of amides is 1. The lowest BCUT2D eigenvalue weighted by Crippen LogP contribution is -2.42. The Hall–Kier alpha value is -2.07. The van der Waals surface area contributed by atoms with E-state index in [-0.39, 0.29) is 12.0 Å². The standard InChI is InChI=1S/C20H23ClN2O2/c1-2-15-5-3-4-6-16(15)11-20(24)23-9-7-18(8-10-23)25-19-12-17(21)13-22-14-19/h3-6,12-14,18H,2,7-11H2,1H3. The summed E-state index contributed by atoms with van der Waals surface area (Å²) >= 11 is 5.93. The van der Waals surface area contributed by atoms with Gasteiger partial charge in [0.2, 0.25) is 5.91 Å². The fraction of sp³-hybridized carbons (Fsp3) is 0.400. The third-order valence-corrected chi connectivity index (χ3v) is 4.82. The van der Waals surface area contributed by atoms with Crippen LogP contribution in [-0.4, -0.2) is 35.0 Å². The molecule has 0 atom stereocenters. The third kappa shape index (κ3) is 4.73. The summed E-state index contributed by atoms with van der Waals surface area (Å²) < 4.78 is 5.93. The number of carbonyl (C=O) groups excluding carboxylic acids is 1. The first-order valence-electron chi connectivity index (χ1n) is 8.77. The third-order valence-electron chi connectivity index (χ3n) is 4.62. The molecule has 1 saturated heterocycles. The van der Waals surface area contributed by atoms with Crippen molar-refractivity contribution in [2.75, 3.05) is 13.1 Å². The van der Waals surface area contributed by atoms with E-state index in [0.29, 0.717) is 17.2 Å². The number of rotatable bonds is 5. The van der Waals surface area contributed by atoms with Gasteiger partial charge in [-0.1, -0.05) is 42.8 Å². The molecule has 25 heavy (non-hydrogen) atoms. The molecule has 0 saturated carbocycles. The van der Waals surface area contributed by atoms with E-state index in [4.69, 9.17) is 16.3 Å². The van der Waals surface area contributed by atoms with Gasteiger partial charge in [-0.3, -0.25) is 9.78 Å². The topological polar surface area (TPSA) is 42.4 Å². The summed E-state index contributed by atoms with van der Waals surface area (Å²) in [5, 5.41) is 0.569. The summed E-state index contributed by atoms with van der Waals surface area (Å²) in [7, 11) is 0. The average Bonchev–Trinajstić information content (AvgIpc) is 2.63. The quantitative estimate of drug-likeness (QED) is 0.813. The Labute approximate surface area is 153 Å². The first-order chi connectivity index (χ1) is 12.2. The molecule has 0 radical (unpaired) electrons. The number of aromatic nitrogens is 1. The highest BCUT2D eigenvalue weighted by atomic mass is 35.5. The minimum absolute atomic E-state index is 0.104. The van der Waals surface area contributed by atoms with Gasteiger partial charge in [0.15, 0.2) is 0 Å². The van der Waals surface area contributed by atoms with E-state index >= 15 is 0 Å². The van der Waals surface area contributed by atoms with Crippen LogP contribution in [0.3, 0.4) is 0 Å². The summed E-state index contributed by atoms with van der Waals surface area (Å²) in [6, 6.07) is 9.95. The summed E-state index contributed by atoms with van der Waals surface area (Å²) in [5.74, 6) is 0.887. The maximum atomic E-state index is 12.6. The van der Waals surface area contributed by atoms with Crippen molar-refractivity contribution >= 4 is 17.5 Å². The molecule has 0 unspecified atom stereocenters. The summed E-state index contributed by atoms with van der Waals surface area (Å²) in [4.78, 5) is 18.6. The van der Waals surface area contributed by atoms with E-state index in [9.17, 15) is 4.79 Å². The molecule has 5 heteroatoms. The van der Waals surface area contributed by atoms with E-state index in [0.717, 1.165) is 37.9 Å². The zero-order valence-electron chi connectivity index (χ0n) is 14.5. The number of pyridine rings is 1. The van der Waals surface area contributed by atoms with Gasteiger partial charge in [0, 0.05) is 38.2 Å². The first-order valence-corrected chi connectivity index (χ1v) is 9.15. The molecule has 0 spiro atoms. The number of hydrogen-bond donors (Lipinski definition) is 0. The van der Waals surface area contributed by atoms with Crippen molar-refractivity contribution in [1.29, 1.82) is 0 Å². The van der Waals surface area contributed by atoms with Crippen LogP contribution in [-0.2, 0) is 17.6 Å². The lowest BCUT2D eigenvalue weighted by atomic mass is 10.0. The van der Waals surface area contributed by atoms with Crippen molar-refractivity contribution in [2.24, 2.45) is 0 Å². The molecule has 4 nitrogen and oxygen atoms in total. The Morgan fingerprint density at radius 1 is 1.24 bits per heavy atom. The van der Waals surface area contributed by atoms with Crippen LogP contribution in [0.2, 0.25) is 5.02 Å². The molecule has 3 rings (SSSR count). The van der Waals surface area contributed by atoms with Crippen molar-refractivity contribution in [2.45, 2.75) is 38.7 Å². The highest BCUT2D eigenvalue weighted by molar-refractivity contribution is 6.30. The number of carbonyl (C=O) groups is 1. The van der Waals surface area contributed by atoms with Crippen molar-refractivity contribution < 1.29 is 9.53 Å². The lowest BCUT2D eigenvalue weighted by molar-refractivity contribution is -0.132. The molecule has 1 aliphatic rings. The monoisotopic (exact) mass is 358 g/mol. The van der Waals surface area contributed by atoms with Crippen LogP contribution in [0.4, 0.5) is 0 Å². The Bertz CT molecular complexity index is 727. The molecule has 1 amide bonds. The van der Waals surface area contributed by atoms with Crippen molar-refractivity contribution in [1.82, 2.24) is 9.88 Å². The predicted octanol–water partition coefficient (Wildman–Crippen LogP) is 3.91. The molecular formula is C20H23ClN2O2. The maximum Gasteiger partial charge on any atom is 0.227 e. The number of nitrogens with zero attached hydrogens (tertiary/aromatic N) is 2. The number of likely N-dealkylation sites (tertiary alicyclic amines) is 1. The van der Waals surface area contributed by atoms with Gasteiger partial charge in [0.05, 0.1) is 17.6 Å². The van der Waals surface area contributed by atoms with Crippen molar-refractivity contribution in [3.05, 3.63) is 58.9 Å². The molecule has 1 fully saturated rings. The first kappa shape index (κ1) is 17.7. The highest BCUT2D eigenvalue weighted by Gasteiger charge is 2.24. The van der Waals surface area contributed by atoms with E-state index in [1.54, 1.807) is 18.5 Å². The molecule has 0 aliphatic carbocycles. The number of ether oxygens (including phenoxy) is 1. The van der Waals surface area contributed by atoms with Crippen LogP contribution in [0.5, 0.6) is 5.75 Å². The largest absolute Gasteiger partial charge is 0.489 e. The lowest BCUT2D eigenvalue weighted by Gasteiger charge is -2.32. The Morgan fingerprint density at radius 2 is 1.96 bits per heavy atom. The molecule has 1 aromatic heterocycles. The number of piperidine rings is 1. The second-order valence-corrected chi connectivity index (χ2v) is 6.77. The van der Waals surface area contributed by atoms with Gasteiger partial charge < -0.3 is 9.64 Å². The van der Waals surface area contributed by atoms with Gasteiger partial charge in [-0.25, -0.2) is 0 Å². The number of benzene rings is 1. The predicted molar refractivity (Wildman–Crippen MR) is 99.0 cm³/mol. The number of hydrogen-bond acceptors (Lipinski definition) is 3. The molecule has 0 bridgehead atoms. The summed E-state index contributed by atoms with van der Waals surface area (Å²) in [5.41, 5.74) is 2.39. The van der Waals surface area contributed by atoms with Gasteiger partial charge in [-0.15, -0.1) is 0 Å². The Kier molecular flexibility index (Phi) is 5.92. The normalized spacial score (nSPS) is 15.2. The molecule has 0 N–H and O–H groups in total. The number of aryl methyl sites for hydroxylation is 1. The van der Waals surface area contributed by atoms with E-state index < -0.39 is 0 Å². The molecular weight excluding hydrogens is 336 g/mol. The molecule has 132 valence electrons. The highest BCUT2D eigenvalue weighted by Crippen LogP contribution is 2.21. The van der Waals surface area contributed by atoms with Crippen LogP contribution >= 0.6 is 11.6 Å². The fourth-order valence-electron chi connectivity index (χ4n) is 3.22. The van der Waals surface area contributed by atoms with E-state index in [1.165, 1.54) is 5.56 Å². The van der Waals surface area contributed by atoms with E-state index in [2.05, 4.69) is 24.0 Å². The van der Waals surface area contributed by atoms with Crippen molar-refractivity contribution in [3.8, 4) is 5.75 Å². The van der Waals surface area contributed by atoms with Gasteiger partial charge in [-0.05, 0) is 17.5 Å². The van der Waals surface area contributed by atoms with Crippen LogP contribution < -0.4 is 4.74 Å². The minimum atomic E-state index is 0.104. The van der Waals surface area contributed by atoms with E-state index in [1.807, 2.05) is 17.0 Å². The summed E-state index contributed by atoms with van der Waals surface area (Å²) in [6.45, 7) is 3.58. The number of halogens is 1. The zero-order chi connectivity index (χ0) is 17.6. The van der Waals surface area contributed by atoms with Gasteiger partial charge >= 0.3 is 0 Å². The van der Waals surface area contributed by atoms with Crippen LogP contribution in [0.15, 0.2) is 42.7 Å². The molecule has 1 aromatic carbocycles. The van der Waals surface area contributed by atoms with Gasteiger partial charge in [0.1, 0.15) is 11.9 Å². The van der Waals surface area contributed by atoms with Gasteiger partial charge in [0.25, 0.3) is 0 Å². The zero-order valence-corrected chi connectivity index (χ0v) is 15.2. The van der Waals surface area contributed by atoms with Crippen LogP contribution in [0, 0.1) is 0 Å². The van der Waals surface area contributed by atoms with Crippen LogP contribution in [0.1, 0.15) is 30.9 Å². The SMILES string of the molecule is CCc1ccccc1CC(=O)N1CCC(Oc2cncc(Cl)c2)CC1. The Balaban J connectivity index is 1.52. The summed E-state index contributed by atoms with van der Waals surface area (Å²) in [6.07, 6.45) is 6.45. The Morgan fingerprint density at radius 3 is 2.64 bits per heavy atom. The average molecular weight is 359 g/mol. The molecule has 1 aliphatic heterocycles. The second-order valence-electron chi connectivity index (χ2n) is 6.34. The van der Waals surface area contributed by atoms with Gasteiger partial charge in [-0.2, -0.15) is 0 Å². The van der Waals surface area contributed by atoms with Crippen molar-refractivity contribution in [3.63, 3.8) is 0 Å². The maximum absolute atomic E-state index is 12.6. The smallest absolute Gasteiger partial charge is 0.227 e. The second kappa shape index (κ2) is 8.34. The molecule has 2 heterocycles.